The molecule has 1 saturated carbocycles. The van der Waals surface area contributed by atoms with Crippen LogP contribution < -0.4 is 0 Å². The van der Waals surface area contributed by atoms with Crippen molar-refractivity contribution in [3.05, 3.63) is 47.6 Å². The van der Waals surface area contributed by atoms with E-state index in [-0.39, 0.29) is 11.3 Å². The molecule has 2 saturated heterocycles. The molecule has 0 radical (unpaired) electrons. The lowest BCUT2D eigenvalue weighted by Gasteiger charge is -2.30. The van der Waals surface area contributed by atoms with Crippen molar-refractivity contribution >= 4 is 10.0 Å². The van der Waals surface area contributed by atoms with E-state index in [2.05, 4.69) is 34.4 Å². The van der Waals surface area contributed by atoms with Gasteiger partial charge in [0.15, 0.2) is 5.82 Å². The molecule has 0 spiro atoms. The third-order valence-electron chi connectivity index (χ3n) is 7.63. The minimum absolute atomic E-state index is 0.335. The topological polar surface area (TPSA) is 85.5 Å². The molecule has 3 fully saturated rings. The van der Waals surface area contributed by atoms with E-state index in [0.717, 1.165) is 38.0 Å². The average Bonchev–Trinajstić information content (AvgIpc) is 3.45. The van der Waals surface area contributed by atoms with Crippen LogP contribution in [0.2, 0.25) is 0 Å². The lowest BCUT2D eigenvalue weighted by atomic mass is 9.78. The summed E-state index contributed by atoms with van der Waals surface area (Å²) in [6.45, 7) is 1.60. The number of aromatic nitrogens is 2. The van der Waals surface area contributed by atoms with Crippen molar-refractivity contribution in [2.45, 2.75) is 75.5 Å². The summed E-state index contributed by atoms with van der Waals surface area (Å²) in [6.07, 6.45) is 9.49. The summed E-state index contributed by atoms with van der Waals surface area (Å²) in [5.41, 5.74) is 1.30. The van der Waals surface area contributed by atoms with Gasteiger partial charge >= 0.3 is 0 Å². The number of benzene rings is 1. The fourth-order valence-corrected chi connectivity index (χ4v) is 7.65. The van der Waals surface area contributed by atoms with Crippen LogP contribution in [-0.2, 0) is 27.6 Å². The fourth-order valence-electron chi connectivity index (χ4n) is 5.53. The predicted molar refractivity (Wildman–Crippen MR) is 125 cm³/mol. The summed E-state index contributed by atoms with van der Waals surface area (Å²) in [6, 6.07) is 10.0. The van der Waals surface area contributed by atoms with Gasteiger partial charge in [-0.05, 0) is 55.9 Å². The van der Waals surface area contributed by atoms with Crippen LogP contribution in [0.1, 0.15) is 74.7 Å². The van der Waals surface area contributed by atoms with Gasteiger partial charge in [0.2, 0.25) is 15.9 Å². The van der Waals surface area contributed by atoms with Crippen molar-refractivity contribution in [3.63, 3.8) is 0 Å². The molecule has 2 atom stereocenters. The number of sulfonamides is 1. The molecule has 3 heterocycles. The first-order valence-corrected chi connectivity index (χ1v) is 14.0. The van der Waals surface area contributed by atoms with Gasteiger partial charge in [0, 0.05) is 26.2 Å². The molecule has 3 aliphatic rings. The second kappa shape index (κ2) is 10.2. The smallest absolute Gasteiger partial charge is 0.245 e. The Morgan fingerprint density at radius 2 is 1.79 bits per heavy atom. The van der Waals surface area contributed by atoms with Crippen LogP contribution in [0, 0.1) is 11.8 Å². The summed E-state index contributed by atoms with van der Waals surface area (Å²) in [5, 5.41) is 3.84. The summed E-state index contributed by atoms with van der Waals surface area (Å²) in [5.74, 6) is 2.25. The average molecular weight is 474 g/mol. The van der Waals surface area contributed by atoms with Crippen molar-refractivity contribution < 1.29 is 17.7 Å². The fraction of sp³-hybridized carbons (Fsp3) is 0.680. The molecule has 1 aromatic carbocycles. The summed E-state index contributed by atoms with van der Waals surface area (Å²) < 4.78 is 40.0. The molecule has 2 aliphatic heterocycles. The zero-order valence-corrected chi connectivity index (χ0v) is 20.1. The zero-order chi connectivity index (χ0) is 22.7. The highest BCUT2D eigenvalue weighted by atomic mass is 32.2. The van der Waals surface area contributed by atoms with E-state index in [9.17, 15) is 8.42 Å². The molecule has 1 aromatic heterocycles. The van der Waals surface area contributed by atoms with Crippen LogP contribution in [0.25, 0.3) is 0 Å². The van der Waals surface area contributed by atoms with Gasteiger partial charge in [0.25, 0.3) is 0 Å². The Balaban J connectivity index is 1.28. The molecule has 0 bridgehead atoms. The van der Waals surface area contributed by atoms with E-state index >= 15 is 0 Å². The van der Waals surface area contributed by atoms with Crippen molar-refractivity contribution in [3.8, 4) is 0 Å². The standard InChI is InChI=1S/C25H35N3O4S/c29-33(30,22-12-14-31-15-13-22)28-18-21(16-20-9-4-10-20)17-23(28)25-26-24(27-32-25)11-5-8-19-6-2-1-3-7-19/h1-3,6-7,20-23H,4-5,8-18H2. The van der Waals surface area contributed by atoms with E-state index in [1.165, 1.54) is 24.8 Å². The summed E-state index contributed by atoms with van der Waals surface area (Å²) in [7, 11) is -3.43. The predicted octanol–water partition coefficient (Wildman–Crippen LogP) is 4.31. The summed E-state index contributed by atoms with van der Waals surface area (Å²) in [4.78, 5) is 4.67. The molecule has 2 unspecified atom stereocenters. The van der Waals surface area contributed by atoms with Gasteiger partial charge in [0.05, 0.1) is 5.25 Å². The van der Waals surface area contributed by atoms with Crippen molar-refractivity contribution in [1.29, 1.82) is 0 Å². The minimum atomic E-state index is -3.43. The van der Waals surface area contributed by atoms with Crippen LogP contribution in [0.3, 0.4) is 0 Å². The van der Waals surface area contributed by atoms with Gasteiger partial charge in [-0.3, -0.25) is 0 Å². The van der Waals surface area contributed by atoms with Gasteiger partial charge in [-0.15, -0.1) is 0 Å². The molecule has 7 nitrogen and oxygen atoms in total. The SMILES string of the molecule is O=S(=O)(C1CCOCC1)N1CC(CC2CCC2)CC1c1nc(CCCc2ccccc2)no1. The highest BCUT2D eigenvalue weighted by Crippen LogP contribution is 2.43. The van der Waals surface area contributed by atoms with Crippen LogP contribution in [0.15, 0.2) is 34.9 Å². The Labute approximate surface area is 196 Å². The van der Waals surface area contributed by atoms with E-state index in [1.54, 1.807) is 4.31 Å². The Hall–Kier alpha value is -1.77. The monoisotopic (exact) mass is 473 g/mol. The molecule has 0 N–H and O–H groups in total. The van der Waals surface area contributed by atoms with Gasteiger partial charge < -0.3 is 9.26 Å². The van der Waals surface area contributed by atoms with E-state index < -0.39 is 10.0 Å². The maximum Gasteiger partial charge on any atom is 0.245 e. The quantitative estimate of drug-likeness (QED) is 0.540. The highest BCUT2D eigenvalue weighted by molar-refractivity contribution is 7.89. The minimum Gasteiger partial charge on any atom is -0.381 e. The molecule has 2 aromatic rings. The third-order valence-corrected chi connectivity index (χ3v) is 10.00. The van der Waals surface area contributed by atoms with Crippen molar-refractivity contribution in [2.24, 2.45) is 11.8 Å². The first-order valence-electron chi connectivity index (χ1n) is 12.5. The third kappa shape index (κ3) is 5.33. The Morgan fingerprint density at radius 3 is 2.52 bits per heavy atom. The van der Waals surface area contributed by atoms with Gasteiger partial charge in [-0.2, -0.15) is 9.29 Å². The number of rotatable bonds is 9. The largest absolute Gasteiger partial charge is 0.381 e. The number of ether oxygens (including phenoxy) is 1. The maximum atomic E-state index is 13.6. The van der Waals surface area contributed by atoms with Gasteiger partial charge in [0.1, 0.15) is 6.04 Å². The Kier molecular flexibility index (Phi) is 7.13. The number of hydrogen-bond donors (Lipinski definition) is 0. The molecule has 8 heteroatoms. The van der Waals surface area contributed by atoms with E-state index in [0.29, 0.717) is 50.2 Å². The first kappa shape index (κ1) is 23.0. The number of nitrogens with zero attached hydrogens (tertiary/aromatic N) is 3. The Bertz CT molecular complexity index is 1000. The maximum absolute atomic E-state index is 13.6. The zero-order valence-electron chi connectivity index (χ0n) is 19.3. The van der Waals surface area contributed by atoms with E-state index in [4.69, 9.17) is 9.26 Å². The molecule has 33 heavy (non-hydrogen) atoms. The normalized spacial score (nSPS) is 25.3. The molecule has 1 aliphatic carbocycles. The van der Waals surface area contributed by atoms with E-state index in [1.807, 2.05) is 6.07 Å². The lowest BCUT2D eigenvalue weighted by Crippen LogP contribution is -2.41. The molecular formula is C25H35N3O4S. The molecule has 5 rings (SSSR count). The van der Waals surface area contributed by atoms with Gasteiger partial charge in [-0.1, -0.05) is 54.8 Å². The van der Waals surface area contributed by atoms with Crippen LogP contribution in [-0.4, -0.2) is 47.9 Å². The molecule has 0 amide bonds. The van der Waals surface area contributed by atoms with Gasteiger partial charge in [-0.25, -0.2) is 8.42 Å². The molecular weight excluding hydrogens is 438 g/mol. The number of hydrogen-bond acceptors (Lipinski definition) is 6. The van der Waals surface area contributed by atoms with Crippen LogP contribution >= 0.6 is 0 Å². The van der Waals surface area contributed by atoms with Crippen LogP contribution in [0.5, 0.6) is 0 Å². The Morgan fingerprint density at radius 1 is 1.00 bits per heavy atom. The highest BCUT2D eigenvalue weighted by Gasteiger charge is 2.46. The molecule has 180 valence electrons. The number of aryl methyl sites for hydroxylation is 2. The first-order chi connectivity index (χ1) is 16.1. The second-order valence-electron chi connectivity index (χ2n) is 9.96. The van der Waals surface area contributed by atoms with Crippen molar-refractivity contribution in [2.75, 3.05) is 19.8 Å². The second-order valence-corrected chi connectivity index (χ2v) is 12.1. The van der Waals surface area contributed by atoms with Crippen LogP contribution in [0.4, 0.5) is 0 Å². The van der Waals surface area contributed by atoms with Crippen molar-refractivity contribution in [1.82, 2.24) is 14.4 Å². The summed E-state index contributed by atoms with van der Waals surface area (Å²) >= 11 is 0. The lowest BCUT2D eigenvalue weighted by molar-refractivity contribution is 0.0969.